The summed E-state index contributed by atoms with van der Waals surface area (Å²) in [6, 6.07) is 0. The molecule has 1 saturated carbocycles. The van der Waals surface area contributed by atoms with E-state index in [2.05, 4.69) is 46.4 Å². The van der Waals surface area contributed by atoms with Gasteiger partial charge in [0.1, 0.15) is 0 Å². The quantitative estimate of drug-likeness (QED) is 0.666. The van der Waals surface area contributed by atoms with Crippen LogP contribution in [0.1, 0.15) is 54.4 Å². The minimum atomic E-state index is -0.688. The van der Waals surface area contributed by atoms with Crippen LogP contribution in [0, 0.1) is 17.3 Å². The van der Waals surface area contributed by atoms with Crippen LogP contribution in [0.25, 0.3) is 0 Å². The predicted octanol–water partition coefficient (Wildman–Crippen LogP) is 3.93. The third kappa shape index (κ3) is 2.99. The fraction of sp³-hybridized carbons (Fsp3) is 0.800. The van der Waals surface area contributed by atoms with Gasteiger partial charge in [0.25, 0.3) is 0 Å². The monoisotopic (exact) mass is 222 g/mol. The third-order valence-electron chi connectivity index (χ3n) is 3.38. The average molecular weight is 222 g/mol. The van der Waals surface area contributed by atoms with E-state index in [1.807, 2.05) is 6.92 Å². The Labute approximate surface area is 100 Å². The predicted molar refractivity (Wildman–Crippen MR) is 69.2 cm³/mol. The first-order valence-electron chi connectivity index (χ1n) is 6.35. The molecule has 0 heterocycles. The first-order chi connectivity index (χ1) is 7.15. The van der Waals surface area contributed by atoms with Crippen LogP contribution in [0.5, 0.6) is 0 Å². The summed E-state index contributed by atoms with van der Waals surface area (Å²) < 4.78 is 0. The van der Waals surface area contributed by atoms with E-state index in [1.54, 1.807) is 0 Å². The molecular weight excluding hydrogens is 196 g/mol. The zero-order valence-corrected chi connectivity index (χ0v) is 11.6. The van der Waals surface area contributed by atoms with Gasteiger partial charge in [0.15, 0.2) is 0 Å². The molecule has 0 bridgehead atoms. The van der Waals surface area contributed by atoms with Crippen molar-refractivity contribution in [2.24, 2.45) is 17.3 Å². The topological polar surface area (TPSA) is 20.2 Å². The molecule has 1 fully saturated rings. The van der Waals surface area contributed by atoms with E-state index in [-0.39, 0.29) is 5.41 Å². The average Bonchev–Trinajstić information content (AvgIpc) is 1.96. The molecule has 0 unspecified atom stereocenters. The molecular formula is C15H26O. The maximum Gasteiger partial charge on any atom is 0.0909 e. The van der Waals surface area contributed by atoms with Gasteiger partial charge >= 0.3 is 0 Å². The van der Waals surface area contributed by atoms with Gasteiger partial charge in [-0.2, -0.15) is 0 Å². The minimum absolute atomic E-state index is 0.0621. The Kier molecular flexibility index (Phi) is 3.72. The van der Waals surface area contributed by atoms with Gasteiger partial charge in [-0.25, -0.2) is 0 Å². The Morgan fingerprint density at radius 3 is 2.31 bits per heavy atom. The van der Waals surface area contributed by atoms with Crippen molar-refractivity contribution in [3.63, 3.8) is 0 Å². The van der Waals surface area contributed by atoms with E-state index in [1.165, 1.54) is 0 Å². The van der Waals surface area contributed by atoms with Crippen molar-refractivity contribution in [2.45, 2.75) is 60.0 Å². The molecule has 1 heteroatoms. The van der Waals surface area contributed by atoms with Gasteiger partial charge < -0.3 is 5.11 Å². The second kappa shape index (κ2) is 4.39. The number of hydrogen-bond donors (Lipinski definition) is 1. The highest BCUT2D eigenvalue weighted by Crippen LogP contribution is 2.47. The molecule has 0 saturated heterocycles. The summed E-state index contributed by atoms with van der Waals surface area (Å²) in [5.74, 6) is 1.06. The Morgan fingerprint density at radius 1 is 1.31 bits per heavy atom. The van der Waals surface area contributed by atoms with Crippen molar-refractivity contribution >= 4 is 0 Å². The lowest BCUT2D eigenvalue weighted by molar-refractivity contribution is 0.0177. The molecule has 0 aromatic carbocycles. The Balaban J connectivity index is 3.17. The molecule has 1 nitrogen and oxygen atoms in total. The highest BCUT2D eigenvalue weighted by atomic mass is 16.3. The molecule has 0 aromatic heterocycles. The van der Waals surface area contributed by atoms with Crippen LogP contribution in [0.15, 0.2) is 17.4 Å². The fourth-order valence-corrected chi connectivity index (χ4v) is 3.16. The van der Waals surface area contributed by atoms with Crippen molar-refractivity contribution < 1.29 is 5.11 Å². The molecule has 1 N–H and O–H groups in total. The van der Waals surface area contributed by atoms with Crippen molar-refractivity contribution in [1.29, 1.82) is 0 Å². The van der Waals surface area contributed by atoms with Crippen molar-refractivity contribution in [1.82, 2.24) is 0 Å². The van der Waals surface area contributed by atoms with Crippen LogP contribution in [-0.4, -0.2) is 10.7 Å². The van der Waals surface area contributed by atoms with E-state index < -0.39 is 5.60 Å². The number of rotatable bonds is 1. The van der Waals surface area contributed by atoms with Crippen LogP contribution in [0.2, 0.25) is 0 Å². The van der Waals surface area contributed by atoms with Crippen LogP contribution in [0.3, 0.4) is 0 Å². The van der Waals surface area contributed by atoms with E-state index in [9.17, 15) is 5.11 Å². The van der Waals surface area contributed by atoms with E-state index in [0.717, 1.165) is 18.4 Å². The standard InChI is InChI=1S/C15H26O/c1-11(2)7-8-13-14(4,5)9-12(3)10-15(13,6)16/h7,11-12,16H,9-10H2,1-6H3/t8?,12-,15+/m0/s1. The van der Waals surface area contributed by atoms with Gasteiger partial charge in [-0.05, 0) is 43.1 Å². The van der Waals surface area contributed by atoms with Crippen LogP contribution in [-0.2, 0) is 0 Å². The molecule has 0 radical (unpaired) electrons. The van der Waals surface area contributed by atoms with Crippen molar-refractivity contribution in [3.8, 4) is 0 Å². The van der Waals surface area contributed by atoms with E-state index in [0.29, 0.717) is 11.8 Å². The maximum absolute atomic E-state index is 10.5. The lowest BCUT2D eigenvalue weighted by Crippen LogP contribution is -2.42. The van der Waals surface area contributed by atoms with Crippen LogP contribution >= 0.6 is 0 Å². The molecule has 92 valence electrons. The number of hydrogen-bond acceptors (Lipinski definition) is 1. The second-order valence-electron chi connectivity index (χ2n) is 6.60. The maximum atomic E-state index is 10.5. The smallest absolute Gasteiger partial charge is 0.0909 e. The van der Waals surface area contributed by atoms with Gasteiger partial charge in [0, 0.05) is 5.57 Å². The van der Waals surface area contributed by atoms with Crippen LogP contribution < -0.4 is 0 Å². The molecule has 1 rings (SSSR count). The lowest BCUT2D eigenvalue weighted by Gasteiger charge is -2.44. The zero-order valence-electron chi connectivity index (χ0n) is 11.6. The van der Waals surface area contributed by atoms with Gasteiger partial charge in [-0.3, -0.25) is 0 Å². The molecule has 0 spiro atoms. The summed E-state index contributed by atoms with van der Waals surface area (Å²) in [5.41, 5.74) is 3.81. The molecule has 1 aliphatic rings. The summed E-state index contributed by atoms with van der Waals surface area (Å²) in [7, 11) is 0. The molecule has 0 aliphatic heterocycles. The highest BCUT2D eigenvalue weighted by Gasteiger charge is 2.43. The Hall–Kier alpha value is -0.520. The highest BCUT2D eigenvalue weighted by molar-refractivity contribution is 5.25. The zero-order chi connectivity index (χ0) is 12.6. The Morgan fingerprint density at radius 2 is 1.88 bits per heavy atom. The molecule has 0 amide bonds. The van der Waals surface area contributed by atoms with Crippen molar-refractivity contribution in [2.75, 3.05) is 0 Å². The van der Waals surface area contributed by atoms with Gasteiger partial charge in [0.2, 0.25) is 0 Å². The summed E-state index contributed by atoms with van der Waals surface area (Å²) in [6.07, 6.45) is 4.06. The minimum Gasteiger partial charge on any atom is -0.385 e. The molecule has 16 heavy (non-hydrogen) atoms. The number of aliphatic hydroxyl groups is 1. The third-order valence-corrected chi connectivity index (χ3v) is 3.38. The van der Waals surface area contributed by atoms with E-state index >= 15 is 0 Å². The SMILES string of the molecule is CC(C)C=C=C1C(C)(C)C[C@H](C)C[C@@]1(C)O. The molecule has 2 atom stereocenters. The molecule has 1 aliphatic carbocycles. The summed E-state index contributed by atoms with van der Waals surface area (Å²) in [4.78, 5) is 0. The van der Waals surface area contributed by atoms with Gasteiger partial charge in [0.05, 0.1) is 5.60 Å². The second-order valence-corrected chi connectivity index (χ2v) is 6.60. The van der Waals surface area contributed by atoms with E-state index in [4.69, 9.17) is 0 Å². The largest absolute Gasteiger partial charge is 0.385 e. The molecule has 0 aromatic rings. The summed E-state index contributed by atoms with van der Waals surface area (Å²) >= 11 is 0. The van der Waals surface area contributed by atoms with Crippen LogP contribution in [0.4, 0.5) is 0 Å². The Bertz CT molecular complexity index is 294. The first kappa shape index (κ1) is 13.5. The normalized spacial score (nSPS) is 33.8. The fourth-order valence-electron chi connectivity index (χ4n) is 3.16. The lowest BCUT2D eigenvalue weighted by atomic mass is 9.63. The summed E-state index contributed by atoms with van der Waals surface area (Å²) in [5, 5.41) is 10.5. The first-order valence-corrected chi connectivity index (χ1v) is 6.35. The van der Waals surface area contributed by atoms with Crippen molar-refractivity contribution in [3.05, 3.63) is 17.4 Å². The summed E-state index contributed by atoms with van der Waals surface area (Å²) in [6.45, 7) is 12.9. The van der Waals surface area contributed by atoms with Gasteiger partial charge in [-0.15, -0.1) is 5.73 Å². The van der Waals surface area contributed by atoms with Gasteiger partial charge in [-0.1, -0.05) is 34.6 Å².